The minimum Gasteiger partial charge on any atom is -0.504 e. The smallest absolute Gasteiger partial charge is 0.250 e. The van der Waals surface area contributed by atoms with Crippen LogP contribution in [0.15, 0.2) is 20.1 Å². The highest BCUT2D eigenvalue weighted by atomic mass is 79.9. The van der Waals surface area contributed by atoms with E-state index in [0.29, 0.717) is 86.2 Å². The van der Waals surface area contributed by atoms with Crippen LogP contribution in [0.25, 0.3) is 0 Å². The zero-order chi connectivity index (χ0) is 22.5. The summed E-state index contributed by atoms with van der Waals surface area (Å²) < 4.78 is 17.4. The second kappa shape index (κ2) is 10.6. The van der Waals surface area contributed by atoms with Crippen LogP contribution in [0, 0.1) is 0 Å². The molecule has 0 saturated carbocycles. The Kier molecular flexibility index (Phi) is 7.60. The third-order valence-electron chi connectivity index (χ3n) is 4.97. The number of rotatable bonds is 6. The van der Waals surface area contributed by atoms with Crippen molar-refractivity contribution in [3.8, 4) is 11.5 Å². The van der Waals surface area contributed by atoms with Crippen LogP contribution >= 0.6 is 31.9 Å². The fourth-order valence-corrected chi connectivity index (χ4v) is 4.08. The SMILES string of the molecule is COc1cc(Br)c(Br)c(/C=N\Nc2nc(N3CCOCC3)nc(N3CCOCC3)n2)c1O. The first-order chi connectivity index (χ1) is 15.6. The lowest BCUT2D eigenvalue weighted by Gasteiger charge is -2.30. The maximum atomic E-state index is 10.4. The molecule has 3 heterocycles. The van der Waals surface area contributed by atoms with E-state index < -0.39 is 0 Å². The highest BCUT2D eigenvalue weighted by Crippen LogP contribution is 2.39. The number of methoxy groups -OCH3 is 1. The summed E-state index contributed by atoms with van der Waals surface area (Å²) in [7, 11) is 1.49. The van der Waals surface area contributed by atoms with E-state index in [2.05, 4.69) is 67.1 Å². The molecule has 32 heavy (non-hydrogen) atoms. The summed E-state index contributed by atoms with van der Waals surface area (Å²) in [6, 6.07) is 1.67. The molecule has 2 N–H and O–H groups in total. The molecular formula is C19H23Br2N7O4. The molecule has 2 saturated heterocycles. The summed E-state index contributed by atoms with van der Waals surface area (Å²) in [6.07, 6.45) is 1.47. The average Bonchev–Trinajstić information content (AvgIpc) is 2.84. The topological polar surface area (TPSA) is 117 Å². The molecule has 2 fully saturated rings. The standard InChI is InChI=1S/C19H23Br2N7O4/c1-30-14-10-13(20)15(21)12(16(14)29)11-22-26-17-23-18(27-2-6-31-7-3-27)25-19(24-17)28-4-8-32-9-5-28/h10-11,29H,2-9H2,1H3,(H,23,24,25,26)/b22-11-. The van der Waals surface area contributed by atoms with Crippen LogP contribution in [0.5, 0.6) is 11.5 Å². The Morgan fingerprint density at radius 2 is 1.59 bits per heavy atom. The van der Waals surface area contributed by atoms with Gasteiger partial charge in [0, 0.05) is 35.1 Å². The van der Waals surface area contributed by atoms with Crippen molar-refractivity contribution in [2.45, 2.75) is 0 Å². The molecule has 0 aliphatic carbocycles. The van der Waals surface area contributed by atoms with Gasteiger partial charge >= 0.3 is 0 Å². The maximum Gasteiger partial charge on any atom is 0.250 e. The van der Waals surface area contributed by atoms with Crippen LogP contribution in [0.4, 0.5) is 17.8 Å². The number of benzene rings is 1. The average molecular weight is 573 g/mol. The van der Waals surface area contributed by atoms with Crippen LogP contribution < -0.4 is 20.0 Å². The fraction of sp³-hybridized carbons (Fsp3) is 0.474. The molecule has 2 aromatic rings. The van der Waals surface area contributed by atoms with Gasteiger partial charge in [0.15, 0.2) is 11.5 Å². The van der Waals surface area contributed by atoms with Crippen molar-refractivity contribution >= 4 is 55.9 Å². The fourth-order valence-electron chi connectivity index (χ4n) is 3.25. The van der Waals surface area contributed by atoms with Crippen LogP contribution in [-0.2, 0) is 9.47 Å². The molecule has 4 rings (SSSR count). The number of aromatic hydroxyl groups is 1. The number of hydrogen-bond donors (Lipinski definition) is 2. The van der Waals surface area contributed by atoms with Gasteiger partial charge in [-0.2, -0.15) is 20.1 Å². The third-order valence-corrected chi connectivity index (χ3v) is 6.98. The van der Waals surface area contributed by atoms with Gasteiger partial charge in [0.05, 0.1) is 45.3 Å². The maximum absolute atomic E-state index is 10.4. The van der Waals surface area contributed by atoms with E-state index in [1.165, 1.54) is 13.3 Å². The quantitative estimate of drug-likeness (QED) is 0.394. The molecule has 0 spiro atoms. The largest absolute Gasteiger partial charge is 0.504 e. The van der Waals surface area contributed by atoms with E-state index >= 15 is 0 Å². The zero-order valence-corrected chi connectivity index (χ0v) is 20.6. The summed E-state index contributed by atoms with van der Waals surface area (Å²) >= 11 is 6.88. The van der Waals surface area contributed by atoms with Gasteiger partial charge in [-0.05, 0) is 37.9 Å². The van der Waals surface area contributed by atoms with Gasteiger partial charge < -0.3 is 29.1 Å². The summed E-state index contributed by atoms with van der Waals surface area (Å²) in [5.74, 6) is 1.72. The Labute approximate surface area is 202 Å². The summed E-state index contributed by atoms with van der Waals surface area (Å²) in [5.41, 5.74) is 3.31. The summed E-state index contributed by atoms with van der Waals surface area (Å²) in [5, 5.41) is 14.7. The zero-order valence-electron chi connectivity index (χ0n) is 17.4. The molecule has 0 bridgehead atoms. The number of hydrogen-bond acceptors (Lipinski definition) is 11. The molecule has 2 aliphatic heterocycles. The van der Waals surface area contributed by atoms with E-state index in [0.717, 1.165) is 4.47 Å². The van der Waals surface area contributed by atoms with Gasteiger partial charge in [-0.25, -0.2) is 5.43 Å². The lowest BCUT2D eigenvalue weighted by Crippen LogP contribution is -2.40. The molecule has 13 heteroatoms. The van der Waals surface area contributed by atoms with E-state index in [1.54, 1.807) is 6.07 Å². The normalized spacial score (nSPS) is 17.1. The van der Waals surface area contributed by atoms with Crippen molar-refractivity contribution in [3.05, 3.63) is 20.6 Å². The van der Waals surface area contributed by atoms with Crippen molar-refractivity contribution in [2.24, 2.45) is 5.10 Å². The first-order valence-corrected chi connectivity index (χ1v) is 11.6. The second-order valence-corrected chi connectivity index (χ2v) is 8.61. The Morgan fingerprint density at radius 1 is 1.03 bits per heavy atom. The number of nitrogens with zero attached hydrogens (tertiary/aromatic N) is 6. The van der Waals surface area contributed by atoms with Crippen molar-refractivity contribution < 1.29 is 19.3 Å². The van der Waals surface area contributed by atoms with Crippen LogP contribution in [0.3, 0.4) is 0 Å². The molecule has 1 aromatic carbocycles. The molecular weight excluding hydrogens is 550 g/mol. The number of phenols is 1. The van der Waals surface area contributed by atoms with E-state index in [4.69, 9.17) is 14.2 Å². The number of anilines is 3. The third kappa shape index (κ3) is 5.22. The molecule has 2 aliphatic rings. The van der Waals surface area contributed by atoms with Gasteiger partial charge in [-0.1, -0.05) is 0 Å². The highest BCUT2D eigenvalue weighted by molar-refractivity contribution is 9.13. The van der Waals surface area contributed by atoms with Gasteiger partial charge in [-0.15, -0.1) is 0 Å². The van der Waals surface area contributed by atoms with Crippen LogP contribution in [0.2, 0.25) is 0 Å². The summed E-state index contributed by atoms with van der Waals surface area (Å²) in [6.45, 7) is 5.30. The number of aromatic nitrogens is 3. The van der Waals surface area contributed by atoms with Gasteiger partial charge in [-0.3, -0.25) is 0 Å². The lowest BCUT2D eigenvalue weighted by atomic mass is 10.2. The Hall–Kier alpha value is -2.22. The molecule has 11 nitrogen and oxygen atoms in total. The molecule has 0 atom stereocenters. The predicted octanol–water partition coefficient (Wildman–Crippen LogP) is 2.23. The number of halogens is 2. The number of phenolic OH excluding ortho intramolecular Hbond substituents is 1. The number of morpholine rings is 2. The van der Waals surface area contributed by atoms with Crippen molar-refractivity contribution in [1.82, 2.24) is 15.0 Å². The first-order valence-electron chi connectivity index (χ1n) is 10.0. The first kappa shape index (κ1) is 23.0. The monoisotopic (exact) mass is 571 g/mol. The minimum absolute atomic E-state index is 0.0354. The van der Waals surface area contributed by atoms with E-state index in [-0.39, 0.29) is 5.75 Å². The van der Waals surface area contributed by atoms with Crippen molar-refractivity contribution in [3.63, 3.8) is 0 Å². The van der Waals surface area contributed by atoms with E-state index in [9.17, 15) is 5.11 Å². The van der Waals surface area contributed by atoms with Crippen LogP contribution in [0.1, 0.15) is 5.56 Å². The van der Waals surface area contributed by atoms with Gasteiger partial charge in [0.1, 0.15) is 0 Å². The Balaban J connectivity index is 1.60. The predicted molar refractivity (Wildman–Crippen MR) is 127 cm³/mol. The molecule has 0 amide bonds. The molecule has 172 valence electrons. The van der Waals surface area contributed by atoms with Crippen LogP contribution in [-0.4, -0.2) is 86.0 Å². The highest BCUT2D eigenvalue weighted by Gasteiger charge is 2.21. The second-order valence-electron chi connectivity index (χ2n) is 6.96. The molecule has 0 radical (unpaired) electrons. The van der Waals surface area contributed by atoms with E-state index in [1.807, 2.05) is 0 Å². The number of ether oxygens (including phenoxy) is 3. The lowest BCUT2D eigenvalue weighted by molar-refractivity contribution is 0.121. The van der Waals surface area contributed by atoms with Gasteiger partial charge in [0.25, 0.3) is 0 Å². The summed E-state index contributed by atoms with van der Waals surface area (Å²) in [4.78, 5) is 17.9. The minimum atomic E-state index is -0.0354. The van der Waals surface area contributed by atoms with Crippen molar-refractivity contribution in [2.75, 3.05) is 74.9 Å². The Bertz CT molecular complexity index is 946. The number of hydrazone groups is 1. The van der Waals surface area contributed by atoms with Crippen molar-refractivity contribution in [1.29, 1.82) is 0 Å². The Morgan fingerprint density at radius 3 is 2.12 bits per heavy atom. The molecule has 1 aromatic heterocycles. The number of nitrogens with one attached hydrogen (secondary N) is 1. The molecule has 0 unspecified atom stereocenters. The van der Waals surface area contributed by atoms with Gasteiger partial charge in [0.2, 0.25) is 17.8 Å².